The van der Waals surface area contributed by atoms with Gasteiger partial charge < -0.3 is 10.4 Å². The van der Waals surface area contributed by atoms with E-state index < -0.39 is 58.6 Å². The van der Waals surface area contributed by atoms with E-state index in [0.29, 0.717) is 18.9 Å². The summed E-state index contributed by atoms with van der Waals surface area (Å²) in [6.45, 7) is 1.40. The van der Waals surface area contributed by atoms with E-state index in [1.165, 1.54) is 17.1 Å². The molecule has 9 nitrogen and oxygen atoms in total. The van der Waals surface area contributed by atoms with Gasteiger partial charge in [0.25, 0.3) is 11.8 Å². The first-order valence-electron chi connectivity index (χ1n) is 12.6. The van der Waals surface area contributed by atoms with Gasteiger partial charge in [0.15, 0.2) is 11.6 Å². The van der Waals surface area contributed by atoms with Crippen LogP contribution in [-0.4, -0.2) is 49.0 Å². The molecule has 1 atom stereocenters. The maximum absolute atomic E-state index is 14.5. The van der Waals surface area contributed by atoms with Crippen LogP contribution in [0.5, 0.6) is 0 Å². The third-order valence-corrected chi connectivity index (χ3v) is 7.32. The molecule has 1 saturated heterocycles. The molecule has 14 heteroatoms. The monoisotopic (exact) mass is 584 g/mol. The maximum atomic E-state index is 14.5. The van der Waals surface area contributed by atoms with Crippen molar-refractivity contribution in [2.75, 3.05) is 11.9 Å². The smallest absolute Gasteiger partial charge is 0.416 e. The van der Waals surface area contributed by atoms with Gasteiger partial charge in [-0.1, -0.05) is 12.1 Å². The summed E-state index contributed by atoms with van der Waals surface area (Å²) in [5, 5.41) is 25.3. The lowest BCUT2D eigenvalue weighted by Gasteiger charge is -2.46. The predicted octanol–water partition coefficient (Wildman–Crippen LogP) is 4.87. The lowest BCUT2D eigenvalue weighted by Crippen LogP contribution is -2.60. The van der Waals surface area contributed by atoms with Gasteiger partial charge in [-0.05, 0) is 44.0 Å². The lowest BCUT2D eigenvalue weighted by molar-refractivity contribution is -0.160. The highest BCUT2D eigenvalue weighted by atomic mass is 19.4. The van der Waals surface area contributed by atoms with Crippen LogP contribution in [0, 0.1) is 23.0 Å². The number of hydrogen-bond donors (Lipinski definition) is 2. The van der Waals surface area contributed by atoms with Gasteiger partial charge in [-0.25, -0.2) is 23.8 Å². The summed E-state index contributed by atoms with van der Waals surface area (Å²) < 4.78 is 69.1. The van der Waals surface area contributed by atoms with Crippen LogP contribution in [-0.2, 0) is 22.3 Å². The summed E-state index contributed by atoms with van der Waals surface area (Å²) in [5.74, 6) is -5.04. The van der Waals surface area contributed by atoms with Crippen LogP contribution >= 0.6 is 0 Å². The van der Waals surface area contributed by atoms with E-state index in [1.54, 1.807) is 13.0 Å². The maximum Gasteiger partial charge on any atom is 0.416 e. The Hall–Kier alpha value is -4.90. The number of aliphatic hydroxyl groups excluding tert-OH is 1. The Morgan fingerprint density at radius 1 is 1.19 bits per heavy atom. The summed E-state index contributed by atoms with van der Waals surface area (Å²) in [6.07, 6.45) is -2.97. The fourth-order valence-corrected chi connectivity index (χ4v) is 5.17. The number of hydrogen-bond acceptors (Lipinski definition) is 7. The second kappa shape index (κ2) is 10.5. The van der Waals surface area contributed by atoms with E-state index in [9.17, 15) is 41.9 Å². The Labute approximate surface area is 235 Å². The minimum Gasteiger partial charge on any atom is -0.509 e. The molecule has 0 aliphatic carbocycles. The van der Waals surface area contributed by atoms with Crippen molar-refractivity contribution in [1.29, 1.82) is 5.26 Å². The van der Waals surface area contributed by atoms with Crippen molar-refractivity contribution in [3.8, 4) is 17.3 Å². The molecule has 2 amide bonds. The predicted molar refractivity (Wildman–Crippen MR) is 137 cm³/mol. The number of benzene rings is 2. The van der Waals surface area contributed by atoms with Crippen LogP contribution in [0.1, 0.15) is 36.6 Å². The zero-order chi connectivity index (χ0) is 30.4. The molecule has 1 fully saturated rings. The van der Waals surface area contributed by atoms with Crippen LogP contribution in [0.15, 0.2) is 60.1 Å². The van der Waals surface area contributed by atoms with Crippen LogP contribution in [0.2, 0.25) is 0 Å². The largest absolute Gasteiger partial charge is 0.509 e. The number of alkyl halides is 3. The average Bonchev–Trinajstić information content (AvgIpc) is 3.36. The number of nitriles is 1. The number of aromatic nitrogens is 2. The first kappa shape index (κ1) is 28.6. The number of hydrazine groups is 1. The fraction of sp³-hybridized carbons (Fsp3) is 0.250. The minimum atomic E-state index is -4.75. The van der Waals surface area contributed by atoms with Gasteiger partial charge in [0.2, 0.25) is 0 Å². The average molecular weight is 585 g/mol. The summed E-state index contributed by atoms with van der Waals surface area (Å²) in [6, 6.07) is 8.73. The first-order chi connectivity index (χ1) is 19.8. The number of carbonyl (C=O) groups is 2. The minimum absolute atomic E-state index is 0.117. The second-order valence-electron chi connectivity index (χ2n) is 9.91. The molecule has 216 valence electrons. The summed E-state index contributed by atoms with van der Waals surface area (Å²) in [4.78, 5) is 34.9. The summed E-state index contributed by atoms with van der Waals surface area (Å²) in [5.41, 5.74) is -3.89. The van der Waals surface area contributed by atoms with E-state index in [4.69, 9.17) is 0 Å². The molecule has 0 bridgehead atoms. The molecule has 2 aromatic carbocycles. The normalized spacial score (nSPS) is 19.1. The molecule has 1 aromatic heterocycles. The van der Waals surface area contributed by atoms with Crippen molar-refractivity contribution in [1.82, 2.24) is 20.0 Å². The lowest BCUT2D eigenvalue weighted by atomic mass is 9.90. The number of rotatable bonds is 5. The molecule has 2 aliphatic rings. The molecule has 3 heterocycles. The highest BCUT2D eigenvalue weighted by molar-refractivity contribution is 6.24. The summed E-state index contributed by atoms with van der Waals surface area (Å²) in [7, 11) is 0. The first-order valence-corrected chi connectivity index (χ1v) is 12.6. The topological polar surface area (TPSA) is 122 Å². The van der Waals surface area contributed by atoms with Gasteiger partial charge in [0.05, 0.1) is 29.0 Å². The number of nitrogens with zero attached hydrogens (tertiary/aromatic N) is 5. The molecule has 0 radical (unpaired) electrons. The molecule has 2 aliphatic heterocycles. The van der Waals surface area contributed by atoms with E-state index in [1.807, 2.05) is 0 Å². The molecule has 2 N–H and O–H groups in total. The van der Waals surface area contributed by atoms with E-state index in [-0.39, 0.29) is 34.7 Å². The molecular weight excluding hydrogens is 563 g/mol. The number of fused-ring (bicyclic) bond motifs is 1. The number of anilines is 1. The SMILES string of the molecule is C[C@]12CCCN1N(Cc1cccc(F)c1F)C(=O)C(C(=O)Nc1ccc(C(F)(F)F)cc1-c1cc(C#N)ncn1)=C2O. The second-order valence-corrected chi connectivity index (χ2v) is 9.91. The summed E-state index contributed by atoms with van der Waals surface area (Å²) >= 11 is 0. The van der Waals surface area contributed by atoms with Crippen molar-refractivity contribution in [2.45, 2.75) is 38.0 Å². The van der Waals surface area contributed by atoms with Crippen molar-refractivity contribution in [2.24, 2.45) is 0 Å². The van der Waals surface area contributed by atoms with Gasteiger partial charge in [0, 0.05) is 23.7 Å². The van der Waals surface area contributed by atoms with E-state index in [2.05, 4.69) is 15.3 Å². The van der Waals surface area contributed by atoms with Crippen LogP contribution in [0.4, 0.5) is 27.6 Å². The Bertz CT molecular complexity index is 1690. The van der Waals surface area contributed by atoms with E-state index >= 15 is 0 Å². The quantitative estimate of drug-likeness (QED) is 0.324. The number of halogens is 5. The van der Waals surface area contributed by atoms with Crippen LogP contribution < -0.4 is 5.32 Å². The third kappa shape index (κ3) is 4.92. The molecular formula is C28H21F5N6O3. The van der Waals surface area contributed by atoms with Crippen LogP contribution in [0.3, 0.4) is 0 Å². The number of amides is 2. The third-order valence-electron chi connectivity index (χ3n) is 7.32. The number of aliphatic hydroxyl groups is 1. The molecule has 0 spiro atoms. The molecule has 42 heavy (non-hydrogen) atoms. The Balaban J connectivity index is 1.56. The van der Waals surface area contributed by atoms with Gasteiger partial charge in [0.1, 0.15) is 29.4 Å². The van der Waals surface area contributed by atoms with Crippen molar-refractivity contribution >= 4 is 17.5 Å². The standard InChI is InChI=1S/C28H21F5N6O3/c1-27-8-3-9-39(27)38(13-15-4-2-5-19(29)23(15)30)26(42)22(24(27)40)25(41)37-20-7-6-16(28(31,32)33)10-18(20)21-11-17(12-34)35-14-36-21/h2,4-7,10-11,14,40H,3,8-9,13H2,1H3,(H,37,41)/t27-/m1/s1. The van der Waals surface area contributed by atoms with Crippen LogP contribution in [0.25, 0.3) is 11.3 Å². The van der Waals surface area contributed by atoms with Gasteiger partial charge in [-0.2, -0.15) is 18.4 Å². The molecule has 0 unspecified atom stereocenters. The Kier molecular flexibility index (Phi) is 7.15. The van der Waals surface area contributed by atoms with Crippen molar-refractivity contribution in [3.05, 3.63) is 88.6 Å². The number of carbonyl (C=O) groups excluding carboxylic acids is 2. The Morgan fingerprint density at radius 3 is 2.67 bits per heavy atom. The fourth-order valence-electron chi connectivity index (χ4n) is 5.17. The zero-order valence-corrected chi connectivity index (χ0v) is 21.8. The highest BCUT2D eigenvalue weighted by Crippen LogP contribution is 2.42. The molecule has 5 rings (SSSR count). The van der Waals surface area contributed by atoms with Gasteiger partial charge >= 0.3 is 6.18 Å². The molecule has 3 aromatic rings. The zero-order valence-electron chi connectivity index (χ0n) is 21.8. The molecule has 0 saturated carbocycles. The van der Waals surface area contributed by atoms with Crippen molar-refractivity contribution < 1.29 is 36.6 Å². The van der Waals surface area contributed by atoms with E-state index in [0.717, 1.165) is 35.6 Å². The van der Waals surface area contributed by atoms with Gasteiger partial charge in [-0.15, -0.1) is 0 Å². The van der Waals surface area contributed by atoms with Crippen molar-refractivity contribution in [3.63, 3.8) is 0 Å². The van der Waals surface area contributed by atoms with Gasteiger partial charge in [-0.3, -0.25) is 14.6 Å². The Morgan fingerprint density at radius 2 is 1.95 bits per heavy atom. The number of nitrogens with one attached hydrogen (secondary N) is 1. The highest BCUT2D eigenvalue weighted by Gasteiger charge is 2.52.